The number of aryl methyl sites for hydroxylation is 1. The minimum Gasteiger partial charge on any atom is -0.497 e. The fraction of sp³-hybridized carbons (Fsp3) is 0.500. The molecule has 1 aromatic carbocycles. The average molecular weight is 226 g/mol. The summed E-state index contributed by atoms with van der Waals surface area (Å²) in [6.45, 7) is 2.00. The van der Waals surface area contributed by atoms with Crippen LogP contribution in [0, 0.1) is 6.92 Å². The molecule has 0 saturated carbocycles. The van der Waals surface area contributed by atoms with E-state index in [9.17, 15) is 5.11 Å². The van der Waals surface area contributed by atoms with E-state index in [2.05, 4.69) is 0 Å². The number of methoxy groups -OCH3 is 1. The van der Waals surface area contributed by atoms with E-state index in [1.165, 1.54) is 0 Å². The van der Waals surface area contributed by atoms with Crippen molar-refractivity contribution in [1.29, 1.82) is 0 Å². The summed E-state index contributed by atoms with van der Waals surface area (Å²) in [7, 11) is 1.65. The first-order valence-electron chi connectivity index (χ1n) is 5.00. The Hall–Kier alpha value is -0.670. The summed E-state index contributed by atoms with van der Waals surface area (Å²) < 4.78 is 5.13. The van der Waals surface area contributed by atoms with Gasteiger partial charge in [0.2, 0.25) is 0 Å². The summed E-state index contributed by atoms with van der Waals surface area (Å²) in [5.74, 6) is 1.82. The summed E-state index contributed by atoms with van der Waals surface area (Å²) in [5, 5.41) is 9.94. The highest BCUT2D eigenvalue weighted by molar-refractivity contribution is 7.98. The molecule has 0 aromatic heterocycles. The number of hydrogen-bond donors (Lipinski definition) is 1. The topological polar surface area (TPSA) is 29.5 Å². The molecule has 1 unspecified atom stereocenters. The molecule has 0 aliphatic heterocycles. The highest BCUT2D eigenvalue weighted by atomic mass is 32.2. The van der Waals surface area contributed by atoms with Crippen LogP contribution in [0.2, 0.25) is 0 Å². The zero-order chi connectivity index (χ0) is 11.3. The molecule has 0 amide bonds. The molecule has 1 rings (SSSR count). The van der Waals surface area contributed by atoms with Crippen LogP contribution in [0.15, 0.2) is 18.2 Å². The van der Waals surface area contributed by atoms with Crippen molar-refractivity contribution in [2.75, 3.05) is 19.1 Å². The second-order valence-electron chi connectivity index (χ2n) is 3.52. The lowest BCUT2D eigenvalue weighted by Crippen LogP contribution is -2.01. The molecule has 0 saturated heterocycles. The zero-order valence-electron chi connectivity index (χ0n) is 9.49. The molecule has 0 bridgehead atoms. The van der Waals surface area contributed by atoms with E-state index in [0.717, 1.165) is 29.1 Å². The van der Waals surface area contributed by atoms with Gasteiger partial charge in [-0.15, -0.1) is 0 Å². The molecule has 0 radical (unpaired) electrons. The summed E-state index contributed by atoms with van der Waals surface area (Å²) in [6.07, 6.45) is 2.49. The van der Waals surface area contributed by atoms with E-state index in [-0.39, 0.29) is 6.10 Å². The third kappa shape index (κ3) is 3.43. The Balaban J connectivity index is 2.76. The minimum atomic E-state index is -0.358. The van der Waals surface area contributed by atoms with Crippen molar-refractivity contribution in [3.8, 4) is 5.75 Å². The van der Waals surface area contributed by atoms with Crippen molar-refractivity contribution in [3.05, 3.63) is 29.3 Å². The maximum atomic E-state index is 9.94. The van der Waals surface area contributed by atoms with Gasteiger partial charge >= 0.3 is 0 Å². The third-order valence-electron chi connectivity index (χ3n) is 2.43. The monoisotopic (exact) mass is 226 g/mol. The second kappa shape index (κ2) is 6.03. The third-order valence-corrected chi connectivity index (χ3v) is 3.08. The number of hydrogen-bond acceptors (Lipinski definition) is 3. The highest BCUT2D eigenvalue weighted by Gasteiger charge is 2.10. The van der Waals surface area contributed by atoms with Gasteiger partial charge in [0.1, 0.15) is 5.75 Å². The molecule has 2 nitrogen and oxygen atoms in total. The van der Waals surface area contributed by atoms with Crippen molar-refractivity contribution in [1.82, 2.24) is 0 Å². The molecule has 1 N–H and O–H groups in total. The number of thioether (sulfide) groups is 1. The largest absolute Gasteiger partial charge is 0.497 e. The number of ether oxygens (including phenoxy) is 1. The molecule has 0 heterocycles. The van der Waals surface area contributed by atoms with E-state index in [0.29, 0.717) is 0 Å². The van der Waals surface area contributed by atoms with Gasteiger partial charge in [-0.1, -0.05) is 6.07 Å². The standard InChI is InChI=1S/C12H18O2S/c1-9-8-10(14-2)4-5-11(9)12(13)6-7-15-3/h4-5,8,12-13H,6-7H2,1-3H3. The molecular formula is C12H18O2S. The van der Waals surface area contributed by atoms with Crippen LogP contribution in [0.1, 0.15) is 23.7 Å². The van der Waals surface area contributed by atoms with Crippen LogP contribution in [0.4, 0.5) is 0 Å². The smallest absolute Gasteiger partial charge is 0.119 e. The fourth-order valence-electron chi connectivity index (χ4n) is 1.53. The maximum Gasteiger partial charge on any atom is 0.119 e. The molecular weight excluding hydrogens is 208 g/mol. The van der Waals surface area contributed by atoms with Crippen molar-refractivity contribution in [2.24, 2.45) is 0 Å². The van der Waals surface area contributed by atoms with Gasteiger partial charge in [0.15, 0.2) is 0 Å². The van der Waals surface area contributed by atoms with E-state index in [4.69, 9.17) is 4.74 Å². The van der Waals surface area contributed by atoms with Gasteiger partial charge in [-0.25, -0.2) is 0 Å². The quantitative estimate of drug-likeness (QED) is 0.837. The highest BCUT2D eigenvalue weighted by Crippen LogP contribution is 2.25. The van der Waals surface area contributed by atoms with Gasteiger partial charge in [-0.2, -0.15) is 11.8 Å². The Morgan fingerprint density at radius 1 is 1.47 bits per heavy atom. The maximum absolute atomic E-state index is 9.94. The van der Waals surface area contributed by atoms with Crippen LogP contribution < -0.4 is 4.74 Å². The van der Waals surface area contributed by atoms with E-state index >= 15 is 0 Å². The molecule has 15 heavy (non-hydrogen) atoms. The molecule has 0 fully saturated rings. The van der Waals surface area contributed by atoms with Crippen LogP contribution in [-0.4, -0.2) is 24.2 Å². The molecule has 0 aliphatic rings. The van der Waals surface area contributed by atoms with Gasteiger partial charge in [0.05, 0.1) is 13.2 Å². The summed E-state index contributed by atoms with van der Waals surface area (Å²) in [6, 6.07) is 5.79. The Labute approximate surface area is 95.7 Å². The Morgan fingerprint density at radius 2 is 2.20 bits per heavy atom. The number of rotatable bonds is 5. The van der Waals surface area contributed by atoms with E-state index < -0.39 is 0 Å². The van der Waals surface area contributed by atoms with Gasteiger partial charge in [0.25, 0.3) is 0 Å². The molecule has 1 aromatic rings. The number of benzene rings is 1. The number of aliphatic hydroxyl groups excluding tert-OH is 1. The lowest BCUT2D eigenvalue weighted by molar-refractivity contribution is 0.174. The average Bonchev–Trinajstić information content (AvgIpc) is 2.25. The van der Waals surface area contributed by atoms with Crippen molar-refractivity contribution in [3.63, 3.8) is 0 Å². The van der Waals surface area contributed by atoms with Crippen molar-refractivity contribution in [2.45, 2.75) is 19.4 Å². The first-order chi connectivity index (χ1) is 7.19. The normalized spacial score (nSPS) is 12.5. The second-order valence-corrected chi connectivity index (χ2v) is 4.51. The van der Waals surface area contributed by atoms with Gasteiger partial charge in [-0.3, -0.25) is 0 Å². The van der Waals surface area contributed by atoms with E-state index in [1.54, 1.807) is 18.9 Å². The minimum absolute atomic E-state index is 0.358. The summed E-state index contributed by atoms with van der Waals surface area (Å²) in [4.78, 5) is 0. The fourth-order valence-corrected chi connectivity index (χ4v) is 1.99. The SMILES string of the molecule is COc1ccc(C(O)CCSC)c(C)c1. The van der Waals surface area contributed by atoms with Crippen molar-refractivity contribution >= 4 is 11.8 Å². The van der Waals surface area contributed by atoms with E-state index in [1.807, 2.05) is 31.4 Å². The lowest BCUT2D eigenvalue weighted by Gasteiger charge is -2.14. The first-order valence-corrected chi connectivity index (χ1v) is 6.40. The predicted octanol–water partition coefficient (Wildman–Crippen LogP) is 2.79. The Bertz CT molecular complexity index is 312. The molecule has 84 valence electrons. The first kappa shape index (κ1) is 12.4. The van der Waals surface area contributed by atoms with Crippen LogP contribution in [0.25, 0.3) is 0 Å². The molecule has 0 aliphatic carbocycles. The number of aliphatic hydroxyl groups is 1. The summed E-state index contributed by atoms with van der Waals surface area (Å²) >= 11 is 1.75. The van der Waals surface area contributed by atoms with Crippen LogP contribution in [-0.2, 0) is 0 Å². The van der Waals surface area contributed by atoms with Gasteiger partial charge in [-0.05, 0) is 48.6 Å². The van der Waals surface area contributed by atoms with Crippen LogP contribution >= 0.6 is 11.8 Å². The van der Waals surface area contributed by atoms with Crippen molar-refractivity contribution < 1.29 is 9.84 Å². The molecule has 3 heteroatoms. The van der Waals surface area contributed by atoms with Gasteiger partial charge < -0.3 is 9.84 Å². The predicted molar refractivity (Wildman–Crippen MR) is 65.7 cm³/mol. The molecule has 1 atom stereocenters. The lowest BCUT2D eigenvalue weighted by atomic mass is 10.0. The van der Waals surface area contributed by atoms with Crippen LogP contribution in [0.5, 0.6) is 5.75 Å². The van der Waals surface area contributed by atoms with Gasteiger partial charge in [0, 0.05) is 0 Å². The Kier molecular flexibility index (Phi) is 4.99. The molecule has 0 spiro atoms. The Morgan fingerprint density at radius 3 is 2.73 bits per heavy atom. The van der Waals surface area contributed by atoms with Crippen LogP contribution in [0.3, 0.4) is 0 Å². The summed E-state index contributed by atoms with van der Waals surface area (Å²) in [5.41, 5.74) is 2.09. The zero-order valence-corrected chi connectivity index (χ0v) is 10.3.